The maximum absolute atomic E-state index is 12.3. The van der Waals surface area contributed by atoms with Crippen molar-refractivity contribution in [3.05, 3.63) is 83.2 Å². The Morgan fingerprint density at radius 2 is 2.16 bits per heavy atom. The number of carbonyl (C=O) groups is 1. The van der Waals surface area contributed by atoms with Crippen molar-refractivity contribution in [3.8, 4) is 11.5 Å². The molecule has 1 aliphatic heterocycles. The molecule has 0 saturated carbocycles. The number of nitrogens with one attached hydrogen (secondary N) is 1. The molecule has 4 rings (SSSR count). The van der Waals surface area contributed by atoms with Crippen LogP contribution in [0.3, 0.4) is 0 Å². The topological polar surface area (TPSA) is 65.4 Å². The van der Waals surface area contributed by atoms with Crippen LogP contribution in [0.15, 0.2) is 60.9 Å². The molecule has 1 aliphatic rings. The van der Waals surface area contributed by atoms with Crippen molar-refractivity contribution in [1.29, 1.82) is 0 Å². The third-order valence-corrected chi connectivity index (χ3v) is 5.10. The fourth-order valence-corrected chi connectivity index (χ4v) is 3.65. The molecule has 2 heterocycles. The number of carbonyl (C=O) groups excluding carboxylic acids is 1. The summed E-state index contributed by atoms with van der Waals surface area (Å²) in [6.07, 6.45) is 8.00. The van der Waals surface area contributed by atoms with Crippen molar-refractivity contribution in [3.63, 3.8) is 0 Å². The molecule has 1 aromatic heterocycles. The molecule has 3 aromatic rings. The van der Waals surface area contributed by atoms with Gasteiger partial charge in [0, 0.05) is 41.9 Å². The van der Waals surface area contributed by atoms with Gasteiger partial charge in [0.05, 0.1) is 19.3 Å². The number of aromatic nitrogens is 2. The van der Waals surface area contributed by atoms with E-state index in [1.54, 1.807) is 12.3 Å². The molecule has 0 unspecified atom stereocenters. The average molecular weight is 418 g/mol. The predicted octanol–water partition coefficient (Wildman–Crippen LogP) is 3.98. The van der Waals surface area contributed by atoms with E-state index in [-0.39, 0.29) is 12.0 Å². The van der Waals surface area contributed by atoms with Gasteiger partial charge in [-0.05, 0) is 37.6 Å². The minimum absolute atomic E-state index is 0.167. The quantitative estimate of drug-likeness (QED) is 0.563. The number of fused-ring (bicyclic) bond motifs is 1. The first kappa shape index (κ1) is 20.7. The second-order valence-electron chi connectivity index (χ2n) is 7.64. The second-order valence-corrected chi connectivity index (χ2v) is 7.64. The fourth-order valence-electron chi connectivity index (χ4n) is 3.65. The summed E-state index contributed by atoms with van der Waals surface area (Å²) in [4.78, 5) is 12.3. The van der Waals surface area contributed by atoms with Crippen LogP contribution in [0.2, 0.25) is 0 Å². The van der Waals surface area contributed by atoms with Gasteiger partial charge in [0.2, 0.25) is 5.91 Å². The first-order valence-corrected chi connectivity index (χ1v) is 10.6. The van der Waals surface area contributed by atoms with Gasteiger partial charge in [-0.2, -0.15) is 5.10 Å². The smallest absolute Gasteiger partial charge is 0.244 e. The molecule has 2 aromatic carbocycles. The molecule has 1 N–H and O–H groups in total. The van der Waals surface area contributed by atoms with Gasteiger partial charge < -0.3 is 14.8 Å². The fraction of sp³-hybridized carbons (Fsp3) is 0.280. The summed E-state index contributed by atoms with van der Waals surface area (Å²) in [7, 11) is 0. The van der Waals surface area contributed by atoms with Gasteiger partial charge in [0.1, 0.15) is 17.6 Å². The summed E-state index contributed by atoms with van der Waals surface area (Å²) >= 11 is 0. The molecule has 0 aliphatic carbocycles. The second kappa shape index (κ2) is 9.51. The normalized spacial score (nSPS) is 15.0. The van der Waals surface area contributed by atoms with E-state index in [1.165, 1.54) is 11.6 Å². The summed E-state index contributed by atoms with van der Waals surface area (Å²) in [6, 6.07) is 14.1. The zero-order valence-electron chi connectivity index (χ0n) is 17.9. The summed E-state index contributed by atoms with van der Waals surface area (Å²) < 4.78 is 13.5. The zero-order valence-corrected chi connectivity index (χ0v) is 17.9. The molecule has 160 valence electrons. The number of hydrogen-bond donors (Lipinski definition) is 1. The van der Waals surface area contributed by atoms with Gasteiger partial charge >= 0.3 is 0 Å². The molecule has 0 spiro atoms. The predicted molar refractivity (Wildman–Crippen MR) is 120 cm³/mol. The SMILES string of the molecule is CCOc1cc2c(cc1CNC(=O)/C=C/c1cnn(Cc3ccccc3)c1)O[C@H](C)C2. The lowest BCUT2D eigenvalue weighted by Crippen LogP contribution is -2.20. The number of ether oxygens (including phenoxy) is 2. The first-order valence-electron chi connectivity index (χ1n) is 10.6. The Morgan fingerprint density at radius 1 is 1.32 bits per heavy atom. The van der Waals surface area contributed by atoms with Gasteiger partial charge in [-0.3, -0.25) is 9.48 Å². The summed E-state index contributed by atoms with van der Waals surface area (Å²) in [5, 5.41) is 7.29. The van der Waals surface area contributed by atoms with Crippen LogP contribution in [0.5, 0.6) is 11.5 Å². The van der Waals surface area contributed by atoms with Gasteiger partial charge in [-0.15, -0.1) is 0 Å². The van der Waals surface area contributed by atoms with Crippen LogP contribution < -0.4 is 14.8 Å². The molecule has 0 saturated heterocycles. The molecular formula is C25H27N3O3. The molecule has 31 heavy (non-hydrogen) atoms. The van der Waals surface area contributed by atoms with E-state index in [9.17, 15) is 4.79 Å². The Bertz CT molecular complexity index is 1070. The number of hydrogen-bond acceptors (Lipinski definition) is 4. The molecule has 1 atom stereocenters. The highest BCUT2D eigenvalue weighted by Gasteiger charge is 2.21. The lowest BCUT2D eigenvalue weighted by molar-refractivity contribution is -0.116. The molecule has 6 nitrogen and oxygen atoms in total. The Balaban J connectivity index is 1.35. The maximum atomic E-state index is 12.3. The van der Waals surface area contributed by atoms with Crippen molar-refractivity contribution < 1.29 is 14.3 Å². The first-order chi connectivity index (χ1) is 15.1. The van der Waals surface area contributed by atoms with Gasteiger partial charge in [0.25, 0.3) is 0 Å². The minimum atomic E-state index is -0.173. The summed E-state index contributed by atoms with van der Waals surface area (Å²) in [5.41, 5.74) is 4.11. The number of benzene rings is 2. The molecule has 0 radical (unpaired) electrons. The molecule has 6 heteroatoms. The van der Waals surface area contributed by atoms with Crippen LogP contribution in [0, 0.1) is 0 Å². The molecule has 0 bridgehead atoms. The van der Waals surface area contributed by atoms with Crippen molar-refractivity contribution in [2.45, 2.75) is 39.5 Å². The van der Waals surface area contributed by atoms with E-state index in [0.717, 1.165) is 34.6 Å². The van der Waals surface area contributed by atoms with Gasteiger partial charge in [0.15, 0.2) is 0 Å². The monoisotopic (exact) mass is 417 g/mol. The Kier molecular flexibility index (Phi) is 6.36. The van der Waals surface area contributed by atoms with E-state index in [4.69, 9.17) is 9.47 Å². The third-order valence-electron chi connectivity index (χ3n) is 5.10. The van der Waals surface area contributed by atoms with Crippen molar-refractivity contribution in [2.75, 3.05) is 6.61 Å². The highest BCUT2D eigenvalue weighted by Crippen LogP contribution is 2.35. The lowest BCUT2D eigenvalue weighted by atomic mass is 10.1. The van der Waals surface area contributed by atoms with Crippen LogP contribution in [0.25, 0.3) is 6.08 Å². The van der Waals surface area contributed by atoms with E-state index in [0.29, 0.717) is 19.7 Å². The number of amides is 1. The van der Waals surface area contributed by atoms with Crippen molar-refractivity contribution in [1.82, 2.24) is 15.1 Å². The van der Waals surface area contributed by atoms with Crippen LogP contribution in [-0.4, -0.2) is 28.4 Å². The standard InChI is InChI=1S/C25H27N3O3/c1-3-30-23-12-21-11-18(2)31-24(21)13-22(23)15-26-25(29)10-9-20-14-27-28(17-20)16-19-7-5-4-6-8-19/h4-10,12-14,17-18H,3,11,15-16H2,1-2H3,(H,26,29)/b10-9+/t18-/m1/s1. The van der Waals surface area contributed by atoms with E-state index < -0.39 is 0 Å². The molecule has 1 amide bonds. The van der Waals surface area contributed by atoms with E-state index in [2.05, 4.69) is 29.5 Å². The van der Waals surface area contributed by atoms with Crippen LogP contribution in [-0.2, 0) is 24.3 Å². The van der Waals surface area contributed by atoms with Gasteiger partial charge in [-0.1, -0.05) is 30.3 Å². The lowest BCUT2D eigenvalue weighted by Gasteiger charge is -2.13. The third kappa shape index (κ3) is 5.34. The largest absolute Gasteiger partial charge is 0.494 e. The van der Waals surface area contributed by atoms with Crippen LogP contribution in [0.1, 0.15) is 36.1 Å². The Morgan fingerprint density at radius 3 is 2.97 bits per heavy atom. The summed E-state index contributed by atoms with van der Waals surface area (Å²) in [6.45, 7) is 5.64. The number of nitrogens with zero attached hydrogens (tertiary/aromatic N) is 2. The molecule has 0 fully saturated rings. The maximum Gasteiger partial charge on any atom is 0.244 e. The minimum Gasteiger partial charge on any atom is -0.494 e. The highest BCUT2D eigenvalue weighted by molar-refractivity contribution is 5.91. The van der Waals surface area contributed by atoms with Gasteiger partial charge in [-0.25, -0.2) is 0 Å². The Labute approximate surface area is 182 Å². The van der Waals surface area contributed by atoms with Crippen LogP contribution >= 0.6 is 0 Å². The Hall–Kier alpha value is -3.54. The van der Waals surface area contributed by atoms with E-state index >= 15 is 0 Å². The summed E-state index contributed by atoms with van der Waals surface area (Å²) in [5.74, 6) is 1.50. The van der Waals surface area contributed by atoms with Crippen LogP contribution in [0.4, 0.5) is 0 Å². The van der Waals surface area contributed by atoms with E-state index in [1.807, 2.05) is 48.1 Å². The number of rotatable bonds is 8. The average Bonchev–Trinajstić information content (AvgIpc) is 3.36. The van der Waals surface area contributed by atoms with Crippen molar-refractivity contribution in [2.24, 2.45) is 0 Å². The highest BCUT2D eigenvalue weighted by atomic mass is 16.5. The van der Waals surface area contributed by atoms with Crippen molar-refractivity contribution >= 4 is 12.0 Å². The zero-order chi connectivity index (χ0) is 21.6. The molecular weight excluding hydrogens is 390 g/mol.